The van der Waals surface area contributed by atoms with E-state index in [9.17, 15) is 19.5 Å². The zero-order valence-electron chi connectivity index (χ0n) is 50.2. The second-order valence-electron chi connectivity index (χ2n) is 20.5. The lowest BCUT2D eigenvalue weighted by molar-refractivity contribution is -0.870. The van der Waals surface area contributed by atoms with Gasteiger partial charge in [0.1, 0.15) is 13.2 Å². The van der Waals surface area contributed by atoms with Crippen molar-refractivity contribution in [3.63, 3.8) is 0 Å². The van der Waals surface area contributed by atoms with Crippen LogP contribution >= 0.6 is 0 Å². The predicted octanol–water partition coefficient (Wildman–Crippen LogP) is 18.3. The maximum absolute atomic E-state index is 12.9. The largest absolute Gasteiger partial charge is 0.477 e. The third-order valence-electron chi connectivity index (χ3n) is 12.0. The summed E-state index contributed by atoms with van der Waals surface area (Å²) >= 11 is 0. The van der Waals surface area contributed by atoms with E-state index < -0.39 is 30.3 Å². The van der Waals surface area contributed by atoms with E-state index in [0.717, 1.165) is 116 Å². The number of esters is 2. The van der Waals surface area contributed by atoms with Gasteiger partial charge in [-0.15, -0.1) is 0 Å². The molecule has 0 aliphatic rings. The molecule has 0 saturated carbocycles. The lowest BCUT2D eigenvalue weighted by Crippen LogP contribution is -2.40. The minimum Gasteiger partial charge on any atom is -0.477 e. The normalized spacial score (nSPS) is 14.0. The van der Waals surface area contributed by atoms with E-state index in [-0.39, 0.29) is 32.7 Å². The summed E-state index contributed by atoms with van der Waals surface area (Å²) in [5.74, 6) is -2.14. The third kappa shape index (κ3) is 60.1. The molecule has 0 aliphatic carbocycles. The number of carbonyl (C=O) groups is 3. The van der Waals surface area contributed by atoms with Gasteiger partial charge in [0, 0.05) is 12.8 Å². The molecule has 0 spiro atoms. The Bertz CT molecular complexity index is 1900. The van der Waals surface area contributed by atoms with Crippen LogP contribution in [0.3, 0.4) is 0 Å². The van der Waals surface area contributed by atoms with Crippen LogP contribution in [0.1, 0.15) is 194 Å². The Hall–Kier alpha value is -5.35. The number of aliphatic carboxylic acids is 1. The predicted molar refractivity (Wildman–Crippen MR) is 336 cm³/mol. The molecular weight excluding hydrogens is 983 g/mol. The first-order chi connectivity index (χ1) is 38.6. The quantitative estimate of drug-likeness (QED) is 0.0211. The number of nitrogens with zero attached hydrogens (tertiary/aromatic N) is 1. The van der Waals surface area contributed by atoms with Gasteiger partial charge in [-0.1, -0.05) is 235 Å². The van der Waals surface area contributed by atoms with E-state index in [1.807, 2.05) is 33.3 Å². The fourth-order valence-corrected chi connectivity index (χ4v) is 7.41. The molecule has 2 unspecified atom stereocenters. The second kappa shape index (κ2) is 58.8. The molecule has 0 aliphatic heterocycles. The minimum absolute atomic E-state index is 0.166. The van der Waals surface area contributed by atoms with Gasteiger partial charge in [0.2, 0.25) is 0 Å². The van der Waals surface area contributed by atoms with Crippen LogP contribution in [0.4, 0.5) is 0 Å². The molecule has 0 fully saturated rings. The highest BCUT2D eigenvalue weighted by Crippen LogP contribution is 2.14. The van der Waals surface area contributed by atoms with Gasteiger partial charge in [0.05, 0.1) is 34.4 Å². The molecule has 0 saturated heterocycles. The molecule has 0 aromatic heterocycles. The number of carboxylic acids is 1. The first-order valence-electron chi connectivity index (χ1n) is 30.3. The van der Waals surface area contributed by atoms with Crippen molar-refractivity contribution in [2.24, 2.45) is 0 Å². The second-order valence-corrected chi connectivity index (χ2v) is 20.5. The summed E-state index contributed by atoms with van der Waals surface area (Å²) in [6, 6.07) is 0. The van der Waals surface area contributed by atoms with E-state index in [2.05, 4.69) is 172 Å². The van der Waals surface area contributed by atoms with Gasteiger partial charge < -0.3 is 28.5 Å². The van der Waals surface area contributed by atoms with Crippen molar-refractivity contribution in [3.8, 4) is 0 Å². The van der Waals surface area contributed by atoms with Crippen LogP contribution < -0.4 is 0 Å². The van der Waals surface area contributed by atoms with Crippen molar-refractivity contribution < 1.29 is 42.9 Å². The summed E-state index contributed by atoms with van der Waals surface area (Å²) in [5.41, 5.74) is 0. The Morgan fingerprint density at radius 2 is 0.709 bits per heavy atom. The van der Waals surface area contributed by atoms with Gasteiger partial charge in [-0.3, -0.25) is 9.59 Å². The van der Waals surface area contributed by atoms with Gasteiger partial charge in [0.25, 0.3) is 6.29 Å². The van der Waals surface area contributed by atoms with E-state index in [4.69, 9.17) is 18.9 Å². The van der Waals surface area contributed by atoms with Crippen LogP contribution in [0.2, 0.25) is 0 Å². The van der Waals surface area contributed by atoms with Crippen molar-refractivity contribution in [1.82, 2.24) is 0 Å². The van der Waals surface area contributed by atoms with Crippen LogP contribution in [-0.4, -0.2) is 87.4 Å². The van der Waals surface area contributed by atoms with Crippen molar-refractivity contribution in [3.05, 3.63) is 170 Å². The number of carboxylic acid groups (broad SMARTS) is 1. The molecule has 9 heteroatoms. The number of likely N-dealkylation sites (N-methyl/N-ethyl adjacent to an activating group) is 1. The monoisotopic (exact) mass is 1090 g/mol. The van der Waals surface area contributed by atoms with E-state index in [0.29, 0.717) is 23.9 Å². The summed E-state index contributed by atoms with van der Waals surface area (Å²) in [5, 5.41) is 9.71. The highest BCUT2D eigenvalue weighted by molar-refractivity contribution is 5.71. The summed E-state index contributed by atoms with van der Waals surface area (Å²) in [6.07, 6.45) is 86.0. The van der Waals surface area contributed by atoms with Gasteiger partial charge >= 0.3 is 17.9 Å². The van der Waals surface area contributed by atoms with E-state index >= 15 is 0 Å². The van der Waals surface area contributed by atoms with Crippen LogP contribution in [-0.2, 0) is 33.3 Å². The highest BCUT2D eigenvalue weighted by Gasteiger charge is 2.25. The number of allylic oxidation sites excluding steroid dienone is 28. The third-order valence-corrected chi connectivity index (χ3v) is 12.0. The number of rotatable bonds is 53. The van der Waals surface area contributed by atoms with E-state index in [1.165, 1.54) is 38.5 Å². The summed E-state index contributed by atoms with van der Waals surface area (Å²) < 4.78 is 22.8. The molecule has 0 amide bonds. The molecule has 1 N–H and O–H groups in total. The summed E-state index contributed by atoms with van der Waals surface area (Å²) in [4.78, 5) is 37.4. The summed E-state index contributed by atoms with van der Waals surface area (Å²) in [6.45, 7) is 4.52. The first kappa shape index (κ1) is 73.7. The number of quaternary nitrogens is 1. The molecule has 2 atom stereocenters. The molecular formula is C70H110NO8+. The Morgan fingerprint density at radius 3 is 1.06 bits per heavy atom. The molecule has 0 rings (SSSR count). The molecule has 0 aromatic carbocycles. The number of hydrogen-bond donors (Lipinski definition) is 1. The standard InChI is InChI=1S/C70H109NO8/c1-6-8-10-12-14-16-18-20-22-24-26-27-28-29-30-31-32-33-34-35-36-37-38-39-40-41-43-45-47-49-51-53-55-57-59-61-68(73)79-66(65-78-70(69(74)75)76-63-62-71(3,4)5)64-77-67(72)60-58-56-54-52-50-48-46-44-42-25-23-21-19-17-15-13-11-9-7-2/h8-11,14-17,20-23,26-27,29-30,32-33,35-36,38-39,42,44,48,50,54,56,66,70H,6-7,12-13,18-19,24-25,28,31,34,37,40-41,43,45-47,49,51-53,55,57-65H2,1-5H3/p+1/b10-8-,11-9-,16-14-,17-15-,22-20-,23-21-,27-26-,30-29-,33-32-,36-35-,39-38-,44-42-,50-48-,56-54-. The zero-order valence-corrected chi connectivity index (χ0v) is 50.2. The molecule has 0 heterocycles. The van der Waals surface area contributed by atoms with Gasteiger partial charge in [0.15, 0.2) is 6.10 Å². The van der Waals surface area contributed by atoms with Crippen molar-refractivity contribution in [2.75, 3.05) is 47.5 Å². The number of hydrogen-bond acceptors (Lipinski definition) is 7. The number of carbonyl (C=O) groups excluding carboxylic acids is 2. The SMILES string of the molecule is CC/C=C\C/C=C\C/C=C\C/C=C\C/C=C\C/C=C\C/C=C\C/C=C\CCCCCCCCCCCCC(=O)OC(COC(=O)CC/C=C\C/C=C\C/C=C\C/C=C\C/C=C\C/C=C\CC)COC(OCC[N+](C)(C)C)C(=O)O. The van der Waals surface area contributed by atoms with Crippen LogP contribution in [0.5, 0.6) is 0 Å². The number of ether oxygens (including phenoxy) is 4. The van der Waals surface area contributed by atoms with Gasteiger partial charge in [-0.05, 0) is 116 Å². The average molecular weight is 1090 g/mol. The van der Waals surface area contributed by atoms with Gasteiger partial charge in [-0.2, -0.15) is 0 Å². The first-order valence-corrected chi connectivity index (χ1v) is 30.3. The Kier molecular flexibility index (Phi) is 54.8. The van der Waals surface area contributed by atoms with Crippen LogP contribution in [0.25, 0.3) is 0 Å². The lowest BCUT2D eigenvalue weighted by Gasteiger charge is -2.25. The van der Waals surface area contributed by atoms with Crippen molar-refractivity contribution >= 4 is 17.9 Å². The average Bonchev–Trinajstić information content (AvgIpc) is 3.42. The fraction of sp³-hybridized carbons (Fsp3) is 0.557. The fourth-order valence-electron chi connectivity index (χ4n) is 7.41. The van der Waals surface area contributed by atoms with Crippen molar-refractivity contribution in [2.45, 2.75) is 206 Å². The van der Waals surface area contributed by atoms with Gasteiger partial charge in [-0.25, -0.2) is 4.79 Å². The van der Waals surface area contributed by atoms with Crippen molar-refractivity contribution in [1.29, 1.82) is 0 Å². The smallest absolute Gasteiger partial charge is 0.361 e. The molecule has 0 radical (unpaired) electrons. The molecule has 0 bridgehead atoms. The summed E-state index contributed by atoms with van der Waals surface area (Å²) in [7, 11) is 5.93. The molecule has 9 nitrogen and oxygen atoms in total. The minimum atomic E-state index is -1.54. The Labute approximate surface area is 482 Å². The number of unbranched alkanes of at least 4 members (excludes halogenated alkanes) is 10. The Balaban J connectivity index is 4.31. The molecule has 79 heavy (non-hydrogen) atoms. The van der Waals surface area contributed by atoms with Crippen LogP contribution in [0.15, 0.2) is 170 Å². The maximum Gasteiger partial charge on any atom is 0.361 e. The maximum atomic E-state index is 12.9. The molecule has 442 valence electrons. The lowest BCUT2D eigenvalue weighted by atomic mass is 10.0. The Morgan fingerprint density at radius 1 is 0.380 bits per heavy atom. The topological polar surface area (TPSA) is 108 Å². The zero-order chi connectivity index (χ0) is 57.6. The highest BCUT2D eigenvalue weighted by atomic mass is 16.7. The molecule has 0 aromatic rings. The van der Waals surface area contributed by atoms with Crippen LogP contribution in [0, 0.1) is 0 Å². The van der Waals surface area contributed by atoms with E-state index in [1.54, 1.807) is 0 Å².